The summed E-state index contributed by atoms with van der Waals surface area (Å²) < 4.78 is 5.94. The Morgan fingerprint density at radius 1 is 1.19 bits per heavy atom. The quantitative estimate of drug-likeness (QED) is 0.617. The van der Waals surface area contributed by atoms with Crippen LogP contribution in [0.5, 0.6) is 5.75 Å². The lowest BCUT2D eigenvalue weighted by Crippen LogP contribution is -2.55. The van der Waals surface area contributed by atoms with E-state index in [0.29, 0.717) is 33.4 Å². The van der Waals surface area contributed by atoms with E-state index < -0.39 is 5.60 Å². The van der Waals surface area contributed by atoms with Crippen molar-refractivity contribution in [1.82, 2.24) is 10.2 Å². The molecule has 0 saturated carbocycles. The summed E-state index contributed by atoms with van der Waals surface area (Å²) in [4.78, 5) is 15.6. The highest BCUT2D eigenvalue weighted by Crippen LogP contribution is 2.37. The summed E-state index contributed by atoms with van der Waals surface area (Å²) in [6.07, 6.45) is 4.10. The molecule has 2 aliphatic rings. The normalized spacial score (nSPS) is 22.9. The Balaban J connectivity index is 1.37. The smallest absolute Gasteiger partial charge is 0.263 e. The molecular formula is C25H27Cl2N3O2. The van der Waals surface area contributed by atoms with Crippen molar-refractivity contribution in [3.63, 3.8) is 0 Å². The Morgan fingerprint density at radius 2 is 1.91 bits per heavy atom. The number of nitriles is 1. The first-order chi connectivity index (χ1) is 15.2. The number of fused-ring (bicyclic) bond motifs is 2. The zero-order valence-corrected chi connectivity index (χ0v) is 19.8. The first-order valence-corrected chi connectivity index (χ1v) is 11.7. The zero-order valence-electron chi connectivity index (χ0n) is 18.3. The minimum absolute atomic E-state index is 0.116. The Bertz CT molecular complexity index is 1040. The van der Waals surface area contributed by atoms with Crippen LogP contribution in [0.3, 0.4) is 0 Å². The van der Waals surface area contributed by atoms with Crippen molar-refractivity contribution < 1.29 is 9.53 Å². The van der Waals surface area contributed by atoms with Crippen molar-refractivity contribution in [2.45, 2.75) is 69.8 Å². The van der Waals surface area contributed by atoms with Crippen molar-refractivity contribution in [3.8, 4) is 11.8 Å². The third kappa shape index (κ3) is 5.04. The molecular weight excluding hydrogens is 445 g/mol. The average molecular weight is 472 g/mol. The molecule has 2 bridgehead atoms. The summed E-state index contributed by atoms with van der Waals surface area (Å²) in [5, 5.41) is 13.3. The number of benzene rings is 2. The molecule has 168 valence electrons. The summed E-state index contributed by atoms with van der Waals surface area (Å²) in [5.74, 6) is 0.286. The van der Waals surface area contributed by atoms with E-state index >= 15 is 0 Å². The van der Waals surface area contributed by atoms with Gasteiger partial charge in [-0.2, -0.15) is 5.26 Å². The lowest BCUT2D eigenvalue weighted by molar-refractivity contribution is -0.135. The number of halogens is 2. The monoisotopic (exact) mass is 471 g/mol. The number of carbonyl (C=O) groups is 1. The van der Waals surface area contributed by atoms with E-state index in [1.54, 1.807) is 32.0 Å². The molecule has 1 N–H and O–H groups in total. The Kier molecular flexibility index (Phi) is 6.67. The van der Waals surface area contributed by atoms with E-state index in [-0.39, 0.29) is 11.9 Å². The second-order valence-electron chi connectivity index (χ2n) is 9.20. The number of rotatable bonds is 6. The molecule has 2 fully saturated rings. The molecule has 0 spiro atoms. The standard InChI is InChI=1S/C25H27Cl2N3O2/c1-25(2,32-23-9-6-18(26)11-22(23)27)24(31)29-19-12-20-7-8-21(13-19)30(20)15-17-5-3-4-16(10-17)14-28/h3-6,9-11,19-21H,7-8,12-13,15H2,1-2H3,(H,29,31). The van der Waals surface area contributed by atoms with Crippen LogP contribution in [0.4, 0.5) is 0 Å². The third-order valence-electron chi connectivity index (χ3n) is 6.45. The molecule has 2 saturated heterocycles. The summed E-state index contributed by atoms with van der Waals surface area (Å²) in [6.45, 7) is 4.34. The average Bonchev–Trinajstić information content (AvgIpc) is 2.98. The lowest BCUT2D eigenvalue weighted by Gasteiger charge is -2.40. The van der Waals surface area contributed by atoms with E-state index in [1.165, 1.54) is 0 Å². The number of nitrogens with one attached hydrogen (secondary N) is 1. The molecule has 2 aliphatic heterocycles. The van der Waals surface area contributed by atoms with E-state index in [0.717, 1.165) is 37.8 Å². The predicted molar refractivity (Wildman–Crippen MR) is 126 cm³/mol. The fourth-order valence-corrected chi connectivity index (χ4v) is 5.29. The fraction of sp³-hybridized carbons (Fsp3) is 0.440. The molecule has 32 heavy (non-hydrogen) atoms. The minimum atomic E-state index is -1.06. The molecule has 2 atom stereocenters. The summed E-state index contributed by atoms with van der Waals surface area (Å²) in [5.41, 5.74) is 0.795. The van der Waals surface area contributed by atoms with E-state index in [9.17, 15) is 4.79 Å². The predicted octanol–water partition coefficient (Wildman–Crippen LogP) is 5.33. The van der Waals surface area contributed by atoms with Gasteiger partial charge in [0.1, 0.15) is 5.75 Å². The van der Waals surface area contributed by atoms with Gasteiger partial charge in [0.05, 0.1) is 16.7 Å². The molecule has 2 heterocycles. The summed E-state index contributed by atoms with van der Waals surface area (Å²) in [6, 6.07) is 16.0. The van der Waals surface area contributed by atoms with Crippen molar-refractivity contribution >= 4 is 29.1 Å². The molecule has 4 rings (SSSR count). The Labute approximate surface area is 199 Å². The summed E-state index contributed by atoms with van der Waals surface area (Å²) in [7, 11) is 0. The number of nitrogens with zero attached hydrogens (tertiary/aromatic N) is 2. The van der Waals surface area contributed by atoms with Crippen LogP contribution in [0, 0.1) is 11.3 Å². The topological polar surface area (TPSA) is 65.4 Å². The van der Waals surface area contributed by atoms with Crippen LogP contribution in [0.15, 0.2) is 42.5 Å². The maximum absolute atomic E-state index is 13.0. The van der Waals surface area contributed by atoms with Gasteiger partial charge in [0, 0.05) is 29.7 Å². The number of hydrogen-bond acceptors (Lipinski definition) is 4. The fourth-order valence-electron chi connectivity index (χ4n) is 4.84. The highest BCUT2D eigenvalue weighted by atomic mass is 35.5. The van der Waals surface area contributed by atoms with Gasteiger partial charge >= 0.3 is 0 Å². The highest BCUT2D eigenvalue weighted by Gasteiger charge is 2.42. The van der Waals surface area contributed by atoms with Crippen LogP contribution < -0.4 is 10.1 Å². The Morgan fingerprint density at radius 3 is 2.56 bits per heavy atom. The van der Waals surface area contributed by atoms with Crippen molar-refractivity contribution in [3.05, 3.63) is 63.6 Å². The van der Waals surface area contributed by atoms with Gasteiger partial charge in [0.2, 0.25) is 0 Å². The number of hydrogen-bond donors (Lipinski definition) is 1. The largest absolute Gasteiger partial charge is 0.476 e. The van der Waals surface area contributed by atoms with Gasteiger partial charge in [0.15, 0.2) is 5.60 Å². The van der Waals surface area contributed by atoms with Gasteiger partial charge < -0.3 is 10.1 Å². The SMILES string of the molecule is CC(C)(Oc1ccc(Cl)cc1Cl)C(=O)NC1CC2CCC(C1)N2Cc1cccc(C#N)c1. The number of ether oxygens (including phenoxy) is 1. The van der Waals surface area contributed by atoms with Crippen LogP contribution in [0.1, 0.15) is 50.7 Å². The molecule has 7 heteroatoms. The van der Waals surface area contributed by atoms with Gasteiger partial charge in [-0.3, -0.25) is 9.69 Å². The number of piperidine rings is 1. The van der Waals surface area contributed by atoms with Gasteiger partial charge in [-0.15, -0.1) is 0 Å². The second-order valence-corrected chi connectivity index (χ2v) is 10.0. The van der Waals surface area contributed by atoms with Gasteiger partial charge in [-0.1, -0.05) is 35.3 Å². The molecule has 2 unspecified atom stereocenters. The second kappa shape index (κ2) is 9.31. The van der Waals surface area contributed by atoms with Crippen molar-refractivity contribution in [2.75, 3.05) is 0 Å². The maximum atomic E-state index is 13.0. The number of amides is 1. The van der Waals surface area contributed by atoms with Crippen molar-refractivity contribution in [2.24, 2.45) is 0 Å². The van der Waals surface area contributed by atoms with E-state index in [2.05, 4.69) is 22.4 Å². The highest BCUT2D eigenvalue weighted by molar-refractivity contribution is 6.35. The molecule has 0 aliphatic carbocycles. The lowest BCUT2D eigenvalue weighted by atomic mass is 9.95. The number of carbonyl (C=O) groups excluding carboxylic acids is 1. The van der Waals surface area contributed by atoms with E-state index in [4.69, 9.17) is 33.2 Å². The van der Waals surface area contributed by atoms with Gasteiger partial charge in [0.25, 0.3) is 5.91 Å². The molecule has 5 nitrogen and oxygen atoms in total. The van der Waals surface area contributed by atoms with Gasteiger partial charge in [-0.05, 0) is 75.4 Å². The molecule has 2 aromatic rings. The molecule has 0 aromatic heterocycles. The van der Waals surface area contributed by atoms with E-state index in [1.807, 2.05) is 18.2 Å². The zero-order chi connectivity index (χ0) is 22.9. The van der Waals surface area contributed by atoms with Gasteiger partial charge in [-0.25, -0.2) is 0 Å². The van der Waals surface area contributed by atoms with Crippen LogP contribution in [0.25, 0.3) is 0 Å². The summed E-state index contributed by atoms with van der Waals surface area (Å²) >= 11 is 12.2. The maximum Gasteiger partial charge on any atom is 0.263 e. The van der Waals surface area contributed by atoms with Crippen LogP contribution >= 0.6 is 23.2 Å². The Hall–Kier alpha value is -2.26. The first-order valence-electron chi connectivity index (χ1n) is 10.9. The van der Waals surface area contributed by atoms with Crippen LogP contribution in [-0.4, -0.2) is 34.5 Å². The third-order valence-corrected chi connectivity index (χ3v) is 6.98. The van der Waals surface area contributed by atoms with Crippen LogP contribution in [0.2, 0.25) is 10.0 Å². The molecule has 1 amide bonds. The minimum Gasteiger partial charge on any atom is -0.476 e. The molecule has 2 aromatic carbocycles. The van der Waals surface area contributed by atoms with Crippen molar-refractivity contribution in [1.29, 1.82) is 5.26 Å². The van der Waals surface area contributed by atoms with Crippen LogP contribution in [-0.2, 0) is 11.3 Å². The first kappa shape index (κ1) is 22.9. The molecule has 0 radical (unpaired) electrons.